The van der Waals surface area contributed by atoms with Crippen LogP contribution in [-0.2, 0) is 6.42 Å². The van der Waals surface area contributed by atoms with Crippen molar-refractivity contribution < 1.29 is 14.2 Å². The number of hydrogen-bond donors (Lipinski definition) is 1. The summed E-state index contributed by atoms with van der Waals surface area (Å²) in [5.74, 6) is 0.919. The van der Waals surface area contributed by atoms with Gasteiger partial charge in [-0.3, -0.25) is 0 Å². The SMILES string of the molecule is COc1nccnc1N1CCC[C@](CO)(Cc2ccccc2F)C1. The largest absolute Gasteiger partial charge is 0.478 e. The summed E-state index contributed by atoms with van der Waals surface area (Å²) in [7, 11) is 1.57. The van der Waals surface area contributed by atoms with Gasteiger partial charge in [0.2, 0.25) is 0 Å². The number of methoxy groups -OCH3 is 1. The minimum atomic E-state index is -0.400. The molecule has 0 aliphatic carbocycles. The number of nitrogens with zero attached hydrogens (tertiary/aromatic N) is 3. The number of aliphatic hydroxyl groups is 1. The Bertz CT molecular complexity index is 697. The molecule has 2 heterocycles. The van der Waals surface area contributed by atoms with Crippen LogP contribution < -0.4 is 9.64 Å². The van der Waals surface area contributed by atoms with Crippen LogP contribution in [0.5, 0.6) is 5.88 Å². The molecule has 1 aliphatic heterocycles. The van der Waals surface area contributed by atoms with E-state index in [4.69, 9.17) is 4.74 Å². The van der Waals surface area contributed by atoms with E-state index >= 15 is 0 Å². The topological polar surface area (TPSA) is 58.5 Å². The summed E-state index contributed by atoms with van der Waals surface area (Å²) in [5, 5.41) is 10.1. The lowest BCUT2D eigenvalue weighted by atomic mass is 9.75. The lowest BCUT2D eigenvalue weighted by Crippen LogP contribution is -2.47. The Balaban J connectivity index is 1.85. The Labute approximate surface area is 141 Å². The summed E-state index contributed by atoms with van der Waals surface area (Å²) in [6.07, 6.45) is 5.45. The number of anilines is 1. The molecule has 0 spiro atoms. The van der Waals surface area contributed by atoms with E-state index in [0.29, 0.717) is 30.2 Å². The van der Waals surface area contributed by atoms with Crippen molar-refractivity contribution in [2.75, 3.05) is 31.7 Å². The lowest BCUT2D eigenvalue weighted by molar-refractivity contribution is 0.104. The zero-order valence-electron chi connectivity index (χ0n) is 13.8. The first-order valence-electron chi connectivity index (χ1n) is 8.12. The van der Waals surface area contributed by atoms with Gasteiger partial charge in [0.25, 0.3) is 5.88 Å². The molecule has 0 unspecified atom stereocenters. The minimum absolute atomic E-state index is 0.000409. The molecule has 0 amide bonds. The molecule has 1 fully saturated rings. The van der Waals surface area contributed by atoms with Gasteiger partial charge in [-0.05, 0) is 30.9 Å². The molecule has 6 heteroatoms. The normalized spacial score (nSPS) is 20.9. The molecular weight excluding hydrogens is 309 g/mol. The number of piperidine rings is 1. The highest BCUT2D eigenvalue weighted by Gasteiger charge is 2.37. The molecule has 0 bridgehead atoms. The van der Waals surface area contributed by atoms with Crippen LogP contribution in [0.4, 0.5) is 10.2 Å². The van der Waals surface area contributed by atoms with Crippen LogP contribution in [0.25, 0.3) is 0 Å². The van der Waals surface area contributed by atoms with E-state index < -0.39 is 5.41 Å². The highest BCUT2D eigenvalue weighted by molar-refractivity contribution is 5.48. The van der Waals surface area contributed by atoms with Gasteiger partial charge < -0.3 is 14.7 Å². The summed E-state index contributed by atoms with van der Waals surface area (Å²) in [4.78, 5) is 10.7. The van der Waals surface area contributed by atoms with Gasteiger partial charge in [-0.2, -0.15) is 0 Å². The Morgan fingerprint density at radius 2 is 2.08 bits per heavy atom. The highest BCUT2D eigenvalue weighted by Crippen LogP contribution is 2.37. The molecule has 3 rings (SSSR count). The molecule has 2 aromatic rings. The number of aromatic nitrogens is 2. The molecule has 128 valence electrons. The van der Waals surface area contributed by atoms with Gasteiger partial charge in [0.15, 0.2) is 5.82 Å². The Hall–Kier alpha value is -2.21. The number of hydrogen-bond acceptors (Lipinski definition) is 5. The fourth-order valence-corrected chi connectivity index (χ4v) is 3.44. The summed E-state index contributed by atoms with van der Waals surface area (Å²) in [6.45, 7) is 1.40. The van der Waals surface area contributed by atoms with Crippen LogP contribution in [-0.4, -0.2) is 41.9 Å². The molecule has 0 radical (unpaired) electrons. The van der Waals surface area contributed by atoms with Crippen molar-refractivity contribution in [1.29, 1.82) is 0 Å². The molecule has 1 atom stereocenters. The van der Waals surface area contributed by atoms with Crippen molar-refractivity contribution in [1.82, 2.24) is 9.97 Å². The third-order valence-electron chi connectivity index (χ3n) is 4.66. The third kappa shape index (κ3) is 3.33. The average Bonchev–Trinajstić information content (AvgIpc) is 2.64. The summed E-state index contributed by atoms with van der Waals surface area (Å²) >= 11 is 0. The summed E-state index contributed by atoms with van der Waals surface area (Å²) in [6, 6.07) is 6.76. The van der Waals surface area contributed by atoms with Crippen molar-refractivity contribution >= 4 is 5.82 Å². The maximum Gasteiger partial charge on any atom is 0.257 e. The first kappa shape index (κ1) is 16.6. The smallest absolute Gasteiger partial charge is 0.257 e. The monoisotopic (exact) mass is 331 g/mol. The molecule has 1 aromatic carbocycles. The standard InChI is InChI=1S/C18H22FN3O2/c1-24-17-16(20-8-9-21-17)22-10-4-7-18(12-22,13-23)11-14-5-2-3-6-15(14)19/h2-3,5-6,8-9,23H,4,7,10-13H2,1H3/t18-/m0/s1. The number of ether oxygens (including phenoxy) is 1. The zero-order valence-corrected chi connectivity index (χ0v) is 13.8. The predicted molar refractivity (Wildman–Crippen MR) is 89.7 cm³/mol. The maximum absolute atomic E-state index is 14.1. The predicted octanol–water partition coefficient (Wildman–Crippen LogP) is 2.45. The second-order valence-corrected chi connectivity index (χ2v) is 6.34. The molecule has 1 N–H and O–H groups in total. The van der Waals surface area contributed by atoms with Gasteiger partial charge >= 0.3 is 0 Å². The molecule has 5 nitrogen and oxygen atoms in total. The van der Waals surface area contributed by atoms with Gasteiger partial charge in [0.05, 0.1) is 13.7 Å². The lowest BCUT2D eigenvalue weighted by Gasteiger charge is -2.42. The first-order chi connectivity index (χ1) is 11.7. The van der Waals surface area contributed by atoms with Crippen LogP contribution in [0.15, 0.2) is 36.7 Å². The van der Waals surface area contributed by atoms with E-state index in [2.05, 4.69) is 14.9 Å². The second kappa shape index (κ2) is 7.13. The summed E-state index contributed by atoms with van der Waals surface area (Å²) < 4.78 is 19.4. The van der Waals surface area contributed by atoms with Gasteiger partial charge in [-0.25, -0.2) is 14.4 Å². The number of aliphatic hydroxyl groups excluding tert-OH is 1. The van der Waals surface area contributed by atoms with Crippen molar-refractivity contribution in [3.05, 3.63) is 48.0 Å². The van der Waals surface area contributed by atoms with Crippen LogP contribution in [0.3, 0.4) is 0 Å². The third-order valence-corrected chi connectivity index (χ3v) is 4.66. The molecule has 1 saturated heterocycles. The van der Waals surface area contributed by atoms with Crippen molar-refractivity contribution in [3.8, 4) is 5.88 Å². The number of rotatable bonds is 5. The van der Waals surface area contributed by atoms with Gasteiger partial charge in [0.1, 0.15) is 5.82 Å². The second-order valence-electron chi connectivity index (χ2n) is 6.34. The number of halogens is 1. The maximum atomic E-state index is 14.1. The quantitative estimate of drug-likeness (QED) is 0.912. The number of benzene rings is 1. The Morgan fingerprint density at radius 3 is 2.83 bits per heavy atom. The Morgan fingerprint density at radius 1 is 1.29 bits per heavy atom. The van der Waals surface area contributed by atoms with E-state index in [1.54, 1.807) is 31.6 Å². The highest BCUT2D eigenvalue weighted by atomic mass is 19.1. The first-order valence-corrected chi connectivity index (χ1v) is 8.12. The molecule has 1 aromatic heterocycles. The zero-order chi connectivity index (χ0) is 17.0. The van der Waals surface area contributed by atoms with E-state index in [-0.39, 0.29) is 12.4 Å². The van der Waals surface area contributed by atoms with E-state index in [0.717, 1.165) is 19.4 Å². The fraction of sp³-hybridized carbons (Fsp3) is 0.444. The van der Waals surface area contributed by atoms with Crippen LogP contribution in [0, 0.1) is 11.2 Å². The van der Waals surface area contributed by atoms with Gasteiger partial charge in [0, 0.05) is 30.9 Å². The van der Waals surface area contributed by atoms with Crippen LogP contribution >= 0.6 is 0 Å². The van der Waals surface area contributed by atoms with E-state index in [1.165, 1.54) is 6.07 Å². The molecule has 0 saturated carbocycles. The molecule has 1 aliphatic rings. The molecule has 24 heavy (non-hydrogen) atoms. The van der Waals surface area contributed by atoms with Crippen LogP contribution in [0.1, 0.15) is 18.4 Å². The summed E-state index contributed by atoms with van der Waals surface area (Å²) in [5.41, 5.74) is 0.239. The van der Waals surface area contributed by atoms with E-state index in [9.17, 15) is 9.50 Å². The van der Waals surface area contributed by atoms with Gasteiger partial charge in [-0.1, -0.05) is 18.2 Å². The van der Waals surface area contributed by atoms with Crippen molar-refractivity contribution in [2.24, 2.45) is 5.41 Å². The van der Waals surface area contributed by atoms with Crippen LogP contribution in [0.2, 0.25) is 0 Å². The van der Waals surface area contributed by atoms with Gasteiger partial charge in [-0.15, -0.1) is 0 Å². The van der Waals surface area contributed by atoms with Crippen molar-refractivity contribution in [2.45, 2.75) is 19.3 Å². The van der Waals surface area contributed by atoms with E-state index in [1.807, 2.05) is 6.07 Å². The average molecular weight is 331 g/mol. The Kier molecular flexibility index (Phi) is 4.94. The minimum Gasteiger partial charge on any atom is -0.478 e. The van der Waals surface area contributed by atoms with Crippen molar-refractivity contribution in [3.63, 3.8) is 0 Å². The fourth-order valence-electron chi connectivity index (χ4n) is 3.44. The molecular formula is C18H22FN3O2.